The van der Waals surface area contributed by atoms with Crippen LogP contribution in [-0.4, -0.2) is 5.11 Å². The molecule has 18 heavy (non-hydrogen) atoms. The van der Waals surface area contributed by atoms with Gasteiger partial charge in [0.2, 0.25) is 0 Å². The summed E-state index contributed by atoms with van der Waals surface area (Å²) in [6.45, 7) is -0.106. The summed E-state index contributed by atoms with van der Waals surface area (Å²) in [7, 11) is 0. The molecule has 0 spiro atoms. The lowest BCUT2D eigenvalue weighted by Crippen LogP contribution is -1.92. The van der Waals surface area contributed by atoms with Crippen LogP contribution in [0.3, 0.4) is 0 Å². The van der Waals surface area contributed by atoms with Gasteiger partial charge in [-0.1, -0.05) is 18.2 Å². The fourth-order valence-corrected chi connectivity index (χ4v) is 1.53. The average molecular weight is 243 g/mol. The molecule has 2 aromatic rings. The summed E-state index contributed by atoms with van der Waals surface area (Å²) < 4.78 is 18.8. The van der Waals surface area contributed by atoms with E-state index < -0.39 is 5.82 Å². The smallest absolute Gasteiger partial charge is 0.148 e. The summed E-state index contributed by atoms with van der Waals surface area (Å²) >= 11 is 0. The van der Waals surface area contributed by atoms with Crippen molar-refractivity contribution >= 4 is 0 Å². The maximum absolute atomic E-state index is 13.4. The van der Waals surface area contributed by atoms with Gasteiger partial charge < -0.3 is 9.84 Å². The van der Waals surface area contributed by atoms with Gasteiger partial charge in [0, 0.05) is 0 Å². The zero-order valence-corrected chi connectivity index (χ0v) is 9.43. The lowest BCUT2D eigenvalue weighted by molar-refractivity contribution is 0.281. The van der Waals surface area contributed by atoms with E-state index in [1.165, 1.54) is 18.2 Å². The van der Waals surface area contributed by atoms with Crippen molar-refractivity contribution in [2.75, 3.05) is 0 Å². The fourth-order valence-electron chi connectivity index (χ4n) is 1.53. The van der Waals surface area contributed by atoms with Gasteiger partial charge in [0.1, 0.15) is 28.9 Å². The van der Waals surface area contributed by atoms with Crippen LogP contribution in [0.1, 0.15) is 11.1 Å². The Morgan fingerprint density at radius 3 is 2.72 bits per heavy atom. The van der Waals surface area contributed by atoms with Gasteiger partial charge in [0.05, 0.1) is 6.61 Å². The molecule has 0 aliphatic rings. The van der Waals surface area contributed by atoms with Crippen molar-refractivity contribution < 1.29 is 14.2 Å². The number of benzene rings is 2. The van der Waals surface area contributed by atoms with Crippen LogP contribution in [0.5, 0.6) is 11.5 Å². The third-order valence-electron chi connectivity index (χ3n) is 2.40. The fraction of sp³-hybridized carbons (Fsp3) is 0.0714. The SMILES string of the molecule is N#Cc1c(F)cccc1Oc1cccc(CO)c1. The molecule has 0 saturated heterocycles. The Kier molecular flexibility index (Phi) is 3.56. The molecule has 2 rings (SSSR count). The lowest BCUT2D eigenvalue weighted by atomic mass is 10.2. The minimum atomic E-state index is -0.617. The quantitative estimate of drug-likeness (QED) is 0.901. The largest absolute Gasteiger partial charge is 0.456 e. The Morgan fingerprint density at radius 2 is 2.00 bits per heavy atom. The molecule has 0 bridgehead atoms. The van der Waals surface area contributed by atoms with E-state index in [1.807, 2.05) is 0 Å². The third-order valence-corrected chi connectivity index (χ3v) is 2.40. The predicted molar refractivity (Wildman–Crippen MR) is 63.6 cm³/mol. The second kappa shape index (κ2) is 5.30. The minimum absolute atomic E-state index is 0.106. The number of rotatable bonds is 3. The number of hydrogen-bond acceptors (Lipinski definition) is 3. The van der Waals surface area contributed by atoms with Crippen molar-refractivity contribution in [2.45, 2.75) is 6.61 Å². The van der Waals surface area contributed by atoms with E-state index in [0.29, 0.717) is 11.3 Å². The van der Waals surface area contributed by atoms with Crippen LogP contribution in [0.2, 0.25) is 0 Å². The molecule has 0 heterocycles. The van der Waals surface area contributed by atoms with Crippen LogP contribution in [0.4, 0.5) is 4.39 Å². The van der Waals surface area contributed by atoms with E-state index in [1.54, 1.807) is 30.3 Å². The molecular formula is C14H10FNO2. The van der Waals surface area contributed by atoms with Crippen LogP contribution in [0.15, 0.2) is 42.5 Å². The summed E-state index contributed by atoms with van der Waals surface area (Å²) in [5.74, 6) is -0.00967. The zero-order chi connectivity index (χ0) is 13.0. The normalized spacial score (nSPS) is 9.83. The van der Waals surface area contributed by atoms with E-state index in [0.717, 1.165) is 0 Å². The lowest BCUT2D eigenvalue weighted by Gasteiger charge is -2.08. The number of hydrogen-bond donors (Lipinski definition) is 1. The predicted octanol–water partition coefficient (Wildman–Crippen LogP) is 2.98. The molecule has 0 radical (unpaired) electrons. The molecule has 0 aliphatic carbocycles. The van der Waals surface area contributed by atoms with Gasteiger partial charge >= 0.3 is 0 Å². The maximum Gasteiger partial charge on any atom is 0.148 e. The molecule has 0 aromatic heterocycles. The summed E-state index contributed by atoms with van der Waals surface area (Å²) in [6.07, 6.45) is 0. The summed E-state index contributed by atoms with van der Waals surface area (Å²) in [4.78, 5) is 0. The molecule has 90 valence electrons. The molecule has 0 saturated carbocycles. The van der Waals surface area contributed by atoms with Crippen LogP contribution >= 0.6 is 0 Å². The zero-order valence-electron chi connectivity index (χ0n) is 9.43. The third kappa shape index (κ3) is 2.47. The first-order valence-electron chi connectivity index (χ1n) is 5.31. The van der Waals surface area contributed by atoms with Gasteiger partial charge in [0.25, 0.3) is 0 Å². The highest BCUT2D eigenvalue weighted by molar-refractivity contribution is 5.46. The van der Waals surface area contributed by atoms with E-state index in [4.69, 9.17) is 15.1 Å². The number of ether oxygens (including phenoxy) is 1. The molecule has 0 atom stereocenters. The summed E-state index contributed by atoms with van der Waals surface area (Å²) in [6, 6.07) is 12.7. The van der Waals surface area contributed by atoms with Gasteiger partial charge in [-0.3, -0.25) is 0 Å². The monoisotopic (exact) mass is 243 g/mol. The van der Waals surface area contributed by atoms with Crippen LogP contribution in [0.25, 0.3) is 0 Å². The molecular weight excluding hydrogens is 233 g/mol. The number of nitriles is 1. The molecule has 0 fully saturated rings. The van der Waals surface area contributed by atoms with Crippen molar-refractivity contribution in [3.05, 3.63) is 59.4 Å². The average Bonchev–Trinajstić information content (AvgIpc) is 2.39. The molecule has 0 amide bonds. The Bertz CT molecular complexity index is 605. The van der Waals surface area contributed by atoms with Crippen LogP contribution in [-0.2, 0) is 6.61 Å². The second-order valence-electron chi connectivity index (χ2n) is 3.63. The first-order chi connectivity index (χ1) is 8.74. The van der Waals surface area contributed by atoms with Gasteiger partial charge in [-0.05, 0) is 29.8 Å². The van der Waals surface area contributed by atoms with E-state index in [-0.39, 0.29) is 17.9 Å². The molecule has 0 aliphatic heterocycles. The summed E-state index contributed by atoms with van der Waals surface area (Å²) in [5, 5.41) is 17.9. The second-order valence-corrected chi connectivity index (χ2v) is 3.63. The number of aliphatic hydroxyl groups excluding tert-OH is 1. The van der Waals surface area contributed by atoms with Crippen molar-refractivity contribution in [1.29, 1.82) is 5.26 Å². The number of halogens is 1. The molecule has 0 unspecified atom stereocenters. The van der Waals surface area contributed by atoms with Crippen molar-refractivity contribution in [1.82, 2.24) is 0 Å². The van der Waals surface area contributed by atoms with Crippen LogP contribution < -0.4 is 4.74 Å². The molecule has 4 heteroatoms. The van der Waals surface area contributed by atoms with Gasteiger partial charge in [0.15, 0.2) is 0 Å². The highest BCUT2D eigenvalue weighted by Gasteiger charge is 2.09. The van der Waals surface area contributed by atoms with Crippen LogP contribution in [0, 0.1) is 17.1 Å². The van der Waals surface area contributed by atoms with E-state index >= 15 is 0 Å². The van der Waals surface area contributed by atoms with Crippen molar-refractivity contribution in [3.8, 4) is 17.6 Å². The number of nitrogens with zero attached hydrogens (tertiary/aromatic N) is 1. The minimum Gasteiger partial charge on any atom is -0.456 e. The van der Waals surface area contributed by atoms with Crippen molar-refractivity contribution in [2.24, 2.45) is 0 Å². The standard InChI is InChI=1S/C14H10FNO2/c15-13-5-2-6-14(12(13)8-16)18-11-4-1-3-10(7-11)9-17/h1-7,17H,9H2. The maximum atomic E-state index is 13.4. The molecule has 2 aromatic carbocycles. The Morgan fingerprint density at radius 1 is 1.22 bits per heavy atom. The topological polar surface area (TPSA) is 53.2 Å². The summed E-state index contributed by atoms with van der Waals surface area (Å²) in [5.41, 5.74) is 0.550. The highest BCUT2D eigenvalue weighted by Crippen LogP contribution is 2.27. The highest BCUT2D eigenvalue weighted by atomic mass is 19.1. The molecule has 3 nitrogen and oxygen atoms in total. The van der Waals surface area contributed by atoms with Gasteiger partial charge in [-0.2, -0.15) is 5.26 Å². The van der Waals surface area contributed by atoms with Gasteiger partial charge in [-0.25, -0.2) is 4.39 Å². The van der Waals surface area contributed by atoms with Crippen molar-refractivity contribution in [3.63, 3.8) is 0 Å². The Hall–Kier alpha value is -2.38. The first kappa shape index (κ1) is 12.1. The first-order valence-corrected chi connectivity index (χ1v) is 5.31. The molecule has 1 N–H and O–H groups in total. The van der Waals surface area contributed by atoms with E-state index in [2.05, 4.69) is 0 Å². The number of aliphatic hydroxyl groups is 1. The van der Waals surface area contributed by atoms with E-state index in [9.17, 15) is 4.39 Å². The Labute approximate surface area is 104 Å². The Balaban J connectivity index is 2.34. The van der Waals surface area contributed by atoms with Gasteiger partial charge in [-0.15, -0.1) is 0 Å².